The molecule has 1 saturated heterocycles. The van der Waals surface area contributed by atoms with Gasteiger partial charge in [-0.15, -0.1) is 0 Å². The molecule has 1 aliphatic heterocycles. The van der Waals surface area contributed by atoms with E-state index in [-0.39, 0.29) is 30.1 Å². The Morgan fingerprint density at radius 3 is 2.49 bits per heavy atom. The number of anilines is 1. The molecule has 0 spiro atoms. The number of nitrogens with one attached hydrogen (secondary N) is 2. The monoisotopic (exact) mass is 548 g/mol. The lowest BCUT2D eigenvalue weighted by molar-refractivity contribution is -0.137. The van der Waals surface area contributed by atoms with Gasteiger partial charge in [-0.05, 0) is 30.5 Å². The minimum atomic E-state index is -4.47. The third-order valence-electron chi connectivity index (χ3n) is 7.56. The van der Waals surface area contributed by atoms with Gasteiger partial charge in [0.05, 0.1) is 29.6 Å². The maximum absolute atomic E-state index is 13.5. The molecule has 3 heterocycles. The van der Waals surface area contributed by atoms with Crippen LogP contribution in [-0.2, 0) is 22.8 Å². The first-order valence-corrected chi connectivity index (χ1v) is 13.1. The number of fused-ring (bicyclic) bond motifs is 1. The van der Waals surface area contributed by atoms with E-state index in [1.54, 1.807) is 23.9 Å². The van der Waals surface area contributed by atoms with Gasteiger partial charge in [0.2, 0.25) is 5.91 Å². The van der Waals surface area contributed by atoms with E-state index in [9.17, 15) is 22.8 Å². The van der Waals surface area contributed by atoms with Crippen molar-refractivity contribution in [3.8, 4) is 0 Å². The number of halogens is 3. The zero-order chi connectivity index (χ0) is 28.3. The summed E-state index contributed by atoms with van der Waals surface area (Å²) in [5.74, 6) is -0.293. The lowest BCUT2D eigenvalue weighted by Crippen LogP contribution is -2.61. The molecule has 1 unspecified atom stereocenters. The number of aromatic amines is 1. The predicted molar refractivity (Wildman–Crippen MR) is 143 cm³/mol. The third-order valence-corrected chi connectivity index (χ3v) is 7.56. The molecule has 2 N–H and O–H groups in total. The second kappa shape index (κ2) is 11.8. The Labute approximate surface area is 224 Å². The number of piperazine rings is 1. The van der Waals surface area contributed by atoms with Crippen LogP contribution < -0.4 is 15.8 Å². The fraction of sp³-hybridized carbons (Fsp3) is 0.519. The fourth-order valence-electron chi connectivity index (χ4n) is 5.37. The molecule has 9 nitrogen and oxygen atoms in total. The van der Waals surface area contributed by atoms with Crippen molar-refractivity contribution in [1.29, 1.82) is 0 Å². The number of ether oxygens (including phenoxy) is 1. The van der Waals surface area contributed by atoms with Crippen LogP contribution in [0, 0.1) is 0 Å². The molecule has 2 aromatic heterocycles. The van der Waals surface area contributed by atoms with Crippen LogP contribution in [0.2, 0.25) is 0 Å². The Morgan fingerprint density at radius 2 is 1.87 bits per heavy atom. The van der Waals surface area contributed by atoms with E-state index in [0.29, 0.717) is 37.2 Å². The molecule has 3 atom stereocenters. The minimum absolute atomic E-state index is 0.0601. The molecule has 1 aromatic carbocycles. The second-order valence-corrected chi connectivity index (χ2v) is 9.84. The van der Waals surface area contributed by atoms with Crippen LogP contribution >= 0.6 is 0 Å². The van der Waals surface area contributed by atoms with Crippen molar-refractivity contribution in [2.24, 2.45) is 7.05 Å². The number of hydrogen-bond acceptors (Lipinski definition) is 6. The second-order valence-electron chi connectivity index (χ2n) is 9.84. The lowest BCUT2D eigenvalue weighted by atomic mass is 9.94. The molecule has 3 aromatic rings. The number of carbonyl (C=O) groups is 1. The van der Waals surface area contributed by atoms with Crippen LogP contribution in [0.1, 0.15) is 43.9 Å². The molecule has 0 aliphatic carbocycles. The highest BCUT2D eigenvalue weighted by Crippen LogP contribution is 2.36. The van der Waals surface area contributed by atoms with E-state index in [2.05, 4.69) is 25.3 Å². The third kappa shape index (κ3) is 5.81. The van der Waals surface area contributed by atoms with Crippen molar-refractivity contribution in [2.75, 3.05) is 38.3 Å². The quantitative estimate of drug-likeness (QED) is 0.398. The molecule has 4 rings (SSSR count). The topological polar surface area (TPSA) is 95.5 Å². The average Bonchev–Trinajstić information content (AvgIpc) is 3.41. The highest BCUT2D eigenvalue weighted by molar-refractivity contribution is 5.88. The molecule has 212 valence electrons. The molecule has 0 bridgehead atoms. The van der Waals surface area contributed by atoms with Crippen LogP contribution in [0.4, 0.5) is 18.9 Å². The van der Waals surface area contributed by atoms with E-state index in [4.69, 9.17) is 4.74 Å². The van der Waals surface area contributed by atoms with Gasteiger partial charge in [-0.1, -0.05) is 26.0 Å². The molecule has 0 radical (unpaired) electrons. The molecule has 1 fully saturated rings. The first-order valence-electron chi connectivity index (χ1n) is 13.1. The lowest BCUT2D eigenvalue weighted by Gasteiger charge is -2.49. The van der Waals surface area contributed by atoms with Gasteiger partial charge in [0.15, 0.2) is 0 Å². The molecule has 1 aliphatic rings. The van der Waals surface area contributed by atoms with Crippen LogP contribution in [0.15, 0.2) is 41.3 Å². The average molecular weight is 549 g/mol. The minimum Gasteiger partial charge on any atom is -0.383 e. The predicted octanol–water partition coefficient (Wildman–Crippen LogP) is 3.46. The van der Waals surface area contributed by atoms with Crippen LogP contribution in [0.3, 0.4) is 0 Å². The Morgan fingerprint density at radius 1 is 1.18 bits per heavy atom. The van der Waals surface area contributed by atoms with Crippen LogP contribution in [0.25, 0.3) is 11.0 Å². The van der Waals surface area contributed by atoms with Gasteiger partial charge in [-0.2, -0.15) is 18.3 Å². The van der Waals surface area contributed by atoms with E-state index in [0.717, 1.165) is 29.8 Å². The summed E-state index contributed by atoms with van der Waals surface area (Å²) >= 11 is 0. The van der Waals surface area contributed by atoms with Gasteiger partial charge in [0.25, 0.3) is 5.56 Å². The molecule has 12 heteroatoms. The summed E-state index contributed by atoms with van der Waals surface area (Å²) < 4.78 is 46.4. The maximum atomic E-state index is 13.5. The number of rotatable bonds is 9. The molecule has 0 saturated carbocycles. The number of pyridine rings is 1. The molecular weight excluding hydrogens is 513 g/mol. The number of alkyl halides is 3. The molecular formula is C27H35F3N6O3. The Balaban J connectivity index is 1.72. The smallest absolute Gasteiger partial charge is 0.383 e. The van der Waals surface area contributed by atoms with E-state index in [1.165, 1.54) is 19.2 Å². The summed E-state index contributed by atoms with van der Waals surface area (Å²) in [5.41, 5.74) is 1.79. The highest BCUT2D eigenvalue weighted by Gasteiger charge is 2.40. The van der Waals surface area contributed by atoms with Gasteiger partial charge < -0.3 is 19.5 Å². The van der Waals surface area contributed by atoms with Crippen molar-refractivity contribution < 1.29 is 22.7 Å². The maximum Gasteiger partial charge on any atom is 0.416 e. The Hall–Kier alpha value is -3.38. The number of carbonyl (C=O) groups excluding carboxylic acids is 1. The SMILES string of the molecule is CC[C@H]1CN(C(C(=O)NCCOC)c2ccc(C(F)(F)F)cc2)[C@H](CC)CN1c1cc(=O)n(C)c2cn[nH]c12. The first-order chi connectivity index (χ1) is 18.6. The Bertz CT molecular complexity index is 1340. The number of aryl methyl sites for hydroxylation is 1. The largest absolute Gasteiger partial charge is 0.416 e. The number of benzene rings is 1. The van der Waals surface area contributed by atoms with Crippen molar-refractivity contribution in [1.82, 2.24) is 25.0 Å². The summed E-state index contributed by atoms with van der Waals surface area (Å²) in [6, 6.07) is 5.46. The van der Waals surface area contributed by atoms with Gasteiger partial charge in [0, 0.05) is 51.9 Å². The van der Waals surface area contributed by atoms with Gasteiger partial charge in [0.1, 0.15) is 11.6 Å². The van der Waals surface area contributed by atoms with Gasteiger partial charge in [-0.25, -0.2) is 0 Å². The van der Waals surface area contributed by atoms with Crippen LogP contribution in [-0.4, -0.2) is 71.0 Å². The summed E-state index contributed by atoms with van der Waals surface area (Å²) in [7, 11) is 3.23. The number of methoxy groups -OCH3 is 1. The number of H-pyrrole nitrogens is 1. The van der Waals surface area contributed by atoms with Crippen molar-refractivity contribution >= 4 is 22.6 Å². The zero-order valence-corrected chi connectivity index (χ0v) is 22.6. The summed E-state index contributed by atoms with van der Waals surface area (Å²) in [6.07, 6.45) is -1.43. The number of aromatic nitrogens is 3. The summed E-state index contributed by atoms with van der Waals surface area (Å²) in [4.78, 5) is 30.6. The molecule has 1 amide bonds. The zero-order valence-electron chi connectivity index (χ0n) is 22.6. The number of nitrogens with zero attached hydrogens (tertiary/aromatic N) is 4. The Kier molecular flexibility index (Phi) is 8.65. The van der Waals surface area contributed by atoms with E-state index in [1.807, 2.05) is 13.8 Å². The highest BCUT2D eigenvalue weighted by atomic mass is 19.4. The normalized spacial score (nSPS) is 19.4. The van der Waals surface area contributed by atoms with Gasteiger partial charge in [-0.3, -0.25) is 19.6 Å². The van der Waals surface area contributed by atoms with Gasteiger partial charge >= 0.3 is 6.18 Å². The van der Waals surface area contributed by atoms with Crippen LogP contribution in [0.5, 0.6) is 0 Å². The number of hydrogen-bond donors (Lipinski definition) is 2. The van der Waals surface area contributed by atoms with Crippen molar-refractivity contribution in [3.05, 3.63) is 58.0 Å². The van der Waals surface area contributed by atoms with E-state index < -0.39 is 17.8 Å². The van der Waals surface area contributed by atoms with Crippen molar-refractivity contribution in [3.63, 3.8) is 0 Å². The summed E-state index contributed by atoms with van der Waals surface area (Å²) in [5, 5.41) is 10.1. The first kappa shape index (κ1) is 28.6. The summed E-state index contributed by atoms with van der Waals surface area (Å²) in [6.45, 7) is 5.66. The fourth-order valence-corrected chi connectivity index (χ4v) is 5.37. The van der Waals surface area contributed by atoms with E-state index >= 15 is 0 Å². The van der Waals surface area contributed by atoms with Crippen molar-refractivity contribution in [2.45, 2.75) is 51.0 Å². The standard InChI is InChI=1S/C27H35F3N6O3/c1-5-19-16-36(20(6-2)15-35(19)21-13-23(37)34(3)22-14-32-33-24(21)22)25(26(38)31-11-12-39-4)17-7-9-18(10-8-17)27(28,29)30/h7-10,13-14,19-20,25H,5-6,11-12,15-16H2,1-4H3,(H,31,38)(H,32,33)/t19-,20+,25?/m0/s1. The number of amides is 1. The molecule has 39 heavy (non-hydrogen) atoms.